The molecule has 1 fully saturated rings. The van der Waals surface area contributed by atoms with Crippen LogP contribution in [0.4, 0.5) is 5.69 Å². The van der Waals surface area contributed by atoms with Crippen LogP contribution in [0, 0.1) is 0 Å². The van der Waals surface area contributed by atoms with Gasteiger partial charge in [0.05, 0.1) is 17.6 Å². The first-order valence-corrected chi connectivity index (χ1v) is 7.76. The Hall–Kier alpha value is -1.11. The summed E-state index contributed by atoms with van der Waals surface area (Å²) in [4.78, 5) is 0. The summed E-state index contributed by atoms with van der Waals surface area (Å²) in [5.41, 5.74) is 6.99. The molecule has 0 saturated carbocycles. The van der Waals surface area contributed by atoms with E-state index in [1.54, 1.807) is 24.3 Å². The molecule has 0 amide bonds. The molecule has 2 unspecified atom stereocenters. The van der Waals surface area contributed by atoms with E-state index in [-0.39, 0.29) is 17.5 Å². The summed E-state index contributed by atoms with van der Waals surface area (Å²) in [5.74, 6) is 0.399. The molecule has 1 heterocycles. The molecular formula is C12H18N2O3S. The van der Waals surface area contributed by atoms with Crippen LogP contribution in [0.3, 0.4) is 0 Å². The van der Waals surface area contributed by atoms with Crippen molar-refractivity contribution in [3.63, 3.8) is 0 Å². The predicted molar refractivity (Wildman–Crippen MR) is 70.9 cm³/mol. The number of hydrogen-bond donors (Lipinski definition) is 3. The molecule has 0 radical (unpaired) electrons. The van der Waals surface area contributed by atoms with E-state index >= 15 is 0 Å². The molecule has 1 aromatic carbocycles. The van der Waals surface area contributed by atoms with Crippen LogP contribution in [0.25, 0.3) is 0 Å². The summed E-state index contributed by atoms with van der Waals surface area (Å²) in [6.45, 7) is 0.337. The zero-order valence-electron chi connectivity index (χ0n) is 10.0. The van der Waals surface area contributed by atoms with Crippen molar-refractivity contribution in [2.24, 2.45) is 0 Å². The zero-order chi connectivity index (χ0) is 13.2. The van der Waals surface area contributed by atoms with Gasteiger partial charge in [0, 0.05) is 18.3 Å². The fourth-order valence-corrected chi connectivity index (χ4v) is 3.83. The topological polar surface area (TPSA) is 92.4 Å². The number of aliphatic hydroxyl groups is 1. The standard InChI is InChI=1S/C12H18N2O3S/c13-10-3-1-2-9(6-10)12(15)7-14-11-4-5-18(16,17)8-11/h1-3,6,11-12,14-15H,4-5,7-8,13H2. The smallest absolute Gasteiger partial charge is 0.151 e. The highest BCUT2D eigenvalue weighted by Gasteiger charge is 2.27. The lowest BCUT2D eigenvalue weighted by Gasteiger charge is -2.16. The number of nitrogens with one attached hydrogen (secondary N) is 1. The third-order valence-corrected chi connectivity index (χ3v) is 4.90. The Morgan fingerprint density at radius 3 is 2.89 bits per heavy atom. The van der Waals surface area contributed by atoms with Crippen molar-refractivity contribution in [2.75, 3.05) is 23.8 Å². The number of nitrogens with two attached hydrogens (primary N) is 1. The molecule has 6 heteroatoms. The molecule has 0 bridgehead atoms. The molecule has 5 nitrogen and oxygen atoms in total. The second-order valence-corrected chi connectivity index (χ2v) is 6.92. The SMILES string of the molecule is Nc1cccc(C(O)CNC2CCS(=O)(=O)C2)c1. The van der Waals surface area contributed by atoms with Crippen molar-refractivity contribution in [1.29, 1.82) is 0 Å². The van der Waals surface area contributed by atoms with E-state index in [0.717, 1.165) is 5.56 Å². The quantitative estimate of drug-likeness (QED) is 0.674. The van der Waals surface area contributed by atoms with Gasteiger partial charge in [-0.05, 0) is 24.1 Å². The third-order valence-electron chi connectivity index (χ3n) is 3.13. The number of aliphatic hydroxyl groups excluding tert-OH is 1. The monoisotopic (exact) mass is 270 g/mol. The maximum atomic E-state index is 11.3. The van der Waals surface area contributed by atoms with Gasteiger partial charge in [0.25, 0.3) is 0 Å². The second-order valence-electron chi connectivity index (χ2n) is 4.69. The minimum absolute atomic E-state index is 0.0503. The number of sulfone groups is 1. The molecular weight excluding hydrogens is 252 g/mol. The van der Waals surface area contributed by atoms with Crippen molar-refractivity contribution in [1.82, 2.24) is 5.32 Å². The van der Waals surface area contributed by atoms with E-state index in [1.807, 2.05) is 0 Å². The van der Waals surface area contributed by atoms with Crippen LogP contribution in [0.1, 0.15) is 18.1 Å². The van der Waals surface area contributed by atoms with Gasteiger partial charge in [0.15, 0.2) is 9.84 Å². The molecule has 18 heavy (non-hydrogen) atoms. The van der Waals surface area contributed by atoms with Gasteiger partial charge in [0.2, 0.25) is 0 Å². The van der Waals surface area contributed by atoms with Crippen molar-refractivity contribution in [3.8, 4) is 0 Å². The van der Waals surface area contributed by atoms with E-state index in [0.29, 0.717) is 18.7 Å². The van der Waals surface area contributed by atoms with Crippen LogP contribution in [-0.4, -0.2) is 37.6 Å². The molecule has 1 aliphatic heterocycles. The van der Waals surface area contributed by atoms with Crippen LogP contribution in [0.5, 0.6) is 0 Å². The van der Waals surface area contributed by atoms with Gasteiger partial charge >= 0.3 is 0 Å². The van der Waals surface area contributed by atoms with E-state index in [9.17, 15) is 13.5 Å². The minimum atomic E-state index is -2.88. The zero-order valence-corrected chi connectivity index (χ0v) is 10.9. The number of rotatable bonds is 4. The first-order valence-electron chi connectivity index (χ1n) is 5.93. The lowest BCUT2D eigenvalue weighted by molar-refractivity contribution is 0.171. The van der Waals surface area contributed by atoms with Gasteiger partial charge in [-0.2, -0.15) is 0 Å². The highest BCUT2D eigenvalue weighted by atomic mass is 32.2. The number of benzene rings is 1. The van der Waals surface area contributed by atoms with Crippen LogP contribution in [0.15, 0.2) is 24.3 Å². The maximum absolute atomic E-state index is 11.3. The normalized spacial score (nSPS) is 23.9. The largest absolute Gasteiger partial charge is 0.399 e. The van der Waals surface area contributed by atoms with E-state index in [2.05, 4.69) is 5.32 Å². The summed E-state index contributed by atoms with van der Waals surface area (Å²) >= 11 is 0. The predicted octanol–water partition coefficient (Wildman–Crippen LogP) is 0.0789. The molecule has 2 atom stereocenters. The molecule has 1 aromatic rings. The third kappa shape index (κ3) is 3.44. The van der Waals surface area contributed by atoms with Crippen LogP contribution < -0.4 is 11.1 Å². The summed E-state index contributed by atoms with van der Waals surface area (Å²) in [7, 11) is -2.88. The molecule has 1 aliphatic rings. The Morgan fingerprint density at radius 1 is 1.50 bits per heavy atom. The first kappa shape index (κ1) is 13.3. The van der Waals surface area contributed by atoms with Crippen molar-refractivity contribution in [3.05, 3.63) is 29.8 Å². The summed E-state index contributed by atoms with van der Waals surface area (Å²) in [6, 6.07) is 7.01. The lowest BCUT2D eigenvalue weighted by atomic mass is 10.1. The number of nitrogen functional groups attached to an aromatic ring is 1. The Labute approximate surface area is 107 Å². The molecule has 0 spiro atoms. The Bertz CT molecular complexity index is 516. The summed E-state index contributed by atoms with van der Waals surface area (Å²) in [5, 5.41) is 13.1. The van der Waals surface area contributed by atoms with Gasteiger partial charge in [-0.25, -0.2) is 8.42 Å². The maximum Gasteiger partial charge on any atom is 0.151 e. The highest BCUT2D eigenvalue weighted by Crippen LogP contribution is 2.16. The number of anilines is 1. The molecule has 2 rings (SSSR count). The van der Waals surface area contributed by atoms with Gasteiger partial charge in [-0.3, -0.25) is 0 Å². The van der Waals surface area contributed by atoms with Crippen molar-refractivity contribution < 1.29 is 13.5 Å². The van der Waals surface area contributed by atoms with Gasteiger partial charge in [-0.15, -0.1) is 0 Å². The average Bonchev–Trinajstić information content (AvgIpc) is 2.66. The van der Waals surface area contributed by atoms with Gasteiger partial charge in [-0.1, -0.05) is 12.1 Å². The van der Waals surface area contributed by atoms with Crippen LogP contribution in [0.2, 0.25) is 0 Å². The van der Waals surface area contributed by atoms with Crippen LogP contribution >= 0.6 is 0 Å². The molecule has 100 valence electrons. The van der Waals surface area contributed by atoms with Crippen LogP contribution in [-0.2, 0) is 9.84 Å². The summed E-state index contributed by atoms with van der Waals surface area (Å²) in [6.07, 6.45) is -0.0526. The van der Waals surface area contributed by atoms with Gasteiger partial charge < -0.3 is 16.2 Å². The Morgan fingerprint density at radius 2 is 2.28 bits per heavy atom. The average molecular weight is 270 g/mol. The molecule has 4 N–H and O–H groups in total. The first-order chi connectivity index (χ1) is 8.46. The molecule has 0 aromatic heterocycles. The lowest BCUT2D eigenvalue weighted by Crippen LogP contribution is -2.33. The Kier molecular flexibility index (Phi) is 3.89. The van der Waals surface area contributed by atoms with E-state index < -0.39 is 15.9 Å². The van der Waals surface area contributed by atoms with Crippen molar-refractivity contribution in [2.45, 2.75) is 18.6 Å². The van der Waals surface area contributed by atoms with E-state index in [4.69, 9.17) is 5.73 Å². The summed E-state index contributed by atoms with van der Waals surface area (Å²) < 4.78 is 22.6. The van der Waals surface area contributed by atoms with E-state index in [1.165, 1.54) is 0 Å². The molecule has 0 aliphatic carbocycles. The minimum Gasteiger partial charge on any atom is -0.399 e. The van der Waals surface area contributed by atoms with Crippen molar-refractivity contribution >= 4 is 15.5 Å². The Balaban J connectivity index is 1.87. The fourth-order valence-electron chi connectivity index (χ4n) is 2.12. The number of hydrogen-bond acceptors (Lipinski definition) is 5. The van der Waals surface area contributed by atoms with Gasteiger partial charge in [0.1, 0.15) is 0 Å². The highest BCUT2D eigenvalue weighted by molar-refractivity contribution is 7.91. The second kappa shape index (κ2) is 5.26. The fraction of sp³-hybridized carbons (Fsp3) is 0.500. The molecule has 1 saturated heterocycles.